The zero-order valence-electron chi connectivity index (χ0n) is 9.30. The number of likely N-dealkylation sites (tertiary alicyclic amines) is 1. The lowest BCUT2D eigenvalue weighted by Gasteiger charge is -2.39. The number of aromatic nitrogens is 2. The lowest BCUT2D eigenvalue weighted by atomic mass is 9.90. The van der Waals surface area contributed by atoms with Crippen molar-refractivity contribution in [2.45, 2.75) is 25.8 Å². The van der Waals surface area contributed by atoms with Crippen LogP contribution in [0.25, 0.3) is 0 Å². The van der Waals surface area contributed by atoms with Crippen molar-refractivity contribution in [3.8, 4) is 0 Å². The number of nitrogens with zero attached hydrogens (tertiary/aromatic N) is 3. The molecule has 2 N–H and O–H groups in total. The molecule has 2 atom stereocenters. The van der Waals surface area contributed by atoms with Crippen molar-refractivity contribution in [3.05, 3.63) is 11.1 Å². The molecule has 0 aliphatic carbocycles. The minimum Gasteiger partial charge on any atom is -0.333 e. The molecule has 1 saturated heterocycles. The molecule has 2 rings (SSSR count). The fraction of sp³-hybridized carbons (Fsp3) is 0.700. The molecule has 16 heavy (non-hydrogen) atoms. The summed E-state index contributed by atoms with van der Waals surface area (Å²) < 4.78 is 3.72. The Balaban J connectivity index is 2.15. The van der Waals surface area contributed by atoms with Gasteiger partial charge in [0.25, 0.3) is 5.91 Å². The summed E-state index contributed by atoms with van der Waals surface area (Å²) in [7, 11) is 0. The van der Waals surface area contributed by atoms with Crippen molar-refractivity contribution in [2.24, 2.45) is 11.7 Å². The van der Waals surface area contributed by atoms with Gasteiger partial charge in [-0.25, -0.2) is 0 Å². The lowest BCUT2D eigenvalue weighted by Crippen LogP contribution is -2.51. The van der Waals surface area contributed by atoms with Crippen LogP contribution in [0.2, 0.25) is 0 Å². The molecule has 0 bridgehead atoms. The average Bonchev–Trinajstić information content (AvgIpc) is 2.81. The maximum absolute atomic E-state index is 12.2. The van der Waals surface area contributed by atoms with Gasteiger partial charge in [-0.3, -0.25) is 4.79 Å². The van der Waals surface area contributed by atoms with Crippen LogP contribution < -0.4 is 5.73 Å². The van der Waals surface area contributed by atoms with E-state index in [1.165, 1.54) is 6.20 Å². The highest BCUT2D eigenvalue weighted by atomic mass is 32.1. The van der Waals surface area contributed by atoms with Crippen LogP contribution in [0.15, 0.2) is 6.20 Å². The predicted molar refractivity (Wildman–Crippen MR) is 62.2 cm³/mol. The van der Waals surface area contributed by atoms with E-state index in [1.807, 2.05) is 4.90 Å². The van der Waals surface area contributed by atoms with Gasteiger partial charge in [-0.1, -0.05) is 11.4 Å². The Kier molecular flexibility index (Phi) is 3.50. The summed E-state index contributed by atoms with van der Waals surface area (Å²) >= 11 is 1.15. The van der Waals surface area contributed by atoms with E-state index < -0.39 is 0 Å². The third-order valence-corrected chi connectivity index (χ3v) is 3.84. The zero-order valence-corrected chi connectivity index (χ0v) is 10.1. The number of amides is 1. The van der Waals surface area contributed by atoms with Crippen molar-refractivity contribution >= 4 is 17.4 Å². The summed E-state index contributed by atoms with van der Waals surface area (Å²) in [4.78, 5) is 14.7. The van der Waals surface area contributed by atoms with Gasteiger partial charge in [0, 0.05) is 19.1 Å². The number of nitrogens with two attached hydrogens (primary N) is 1. The Labute approximate surface area is 98.8 Å². The monoisotopic (exact) mass is 240 g/mol. The summed E-state index contributed by atoms with van der Waals surface area (Å²) in [5.74, 6) is 0.501. The second-order valence-corrected chi connectivity index (χ2v) is 4.99. The van der Waals surface area contributed by atoms with E-state index in [1.54, 1.807) is 0 Å². The van der Waals surface area contributed by atoms with Crippen molar-refractivity contribution in [3.63, 3.8) is 0 Å². The molecule has 1 aliphatic rings. The number of carbonyl (C=O) groups is 1. The van der Waals surface area contributed by atoms with Crippen LogP contribution in [0.3, 0.4) is 0 Å². The van der Waals surface area contributed by atoms with Crippen molar-refractivity contribution < 1.29 is 4.79 Å². The van der Waals surface area contributed by atoms with Gasteiger partial charge in [0.1, 0.15) is 4.88 Å². The maximum atomic E-state index is 12.2. The van der Waals surface area contributed by atoms with E-state index in [4.69, 9.17) is 5.73 Å². The maximum Gasteiger partial charge on any atom is 0.267 e. The van der Waals surface area contributed by atoms with Crippen LogP contribution in [0, 0.1) is 5.92 Å². The predicted octanol–water partition coefficient (Wildman–Crippen LogP) is 0.738. The molecule has 1 fully saturated rings. The second kappa shape index (κ2) is 4.88. The molecule has 1 aliphatic heterocycles. The first-order chi connectivity index (χ1) is 7.74. The molecule has 0 saturated carbocycles. The van der Waals surface area contributed by atoms with Gasteiger partial charge in [-0.2, -0.15) is 0 Å². The number of piperidine rings is 1. The third kappa shape index (κ3) is 2.08. The van der Waals surface area contributed by atoms with E-state index in [-0.39, 0.29) is 11.9 Å². The Hall–Kier alpha value is -1.01. The first-order valence-corrected chi connectivity index (χ1v) is 6.29. The van der Waals surface area contributed by atoms with Gasteiger partial charge in [-0.05, 0) is 30.3 Å². The molecule has 5 nitrogen and oxygen atoms in total. The van der Waals surface area contributed by atoms with Gasteiger partial charge in [0.05, 0.1) is 6.20 Å². The summed E-state index contributed by atoms with van der Waals surface area (Å²) in [5.41, 5.74) is 5.75. The van der Waals surface area contributed by atoms with Crippen molar-refractivity contribution in [2.75, 3.05) is 13.1 Å². The Morgan fingerprint density at radius 1 is 1.75 bits per heavy atom. The van der Waals surface area contributed by atoms with E-state index in [0.717, 1.165) is 30.9 Å². The number of hydrogen-bond acceptors (Lipinski definition) is 5. The molecular formula is C10H16N4OS. The van der Waals surface area contributed by atoms with E-state index >= 15 is 0 Å². The number of rotatable bonds is 2. The first kappa shape index (κ1) is 11.5. The fourth-order valence-corrected chi connectivity index (χ4v) is 2.74. The van der Waals surface area contributed by atoms with Gasteiger partial charge in [-0.15, -0.1) is 5.10 Å². The number of hydrogen-bond donors (Lipinski definition) is 1. The van der Waals surface area contributed by atoms with Crippen molar-refractivity contribution in [1.29, 1.82) is 0 Å². The second-order valence-electron chi connectivity index (χ2n) is 4.20. The van der Waals surface area contributed by atoms with Gasteiger partial charge in [0.2, 0.25) is 0 Å². The first-order valence-electron chi connectivity index (χ1n) is 5.52. The van der Waals surface area contributed by atoms with E-state index in [2.05, 4.69) is 16.5 Å². The smallest absolute Gasteiger partial charge is 0.267 e. The quantitative estimate of drug-likeness (QED) is 0.827. The highest BCUT2D eigenvalue weighted by Crippen LogP contribution is 2.24. The van der Waals surface area contributed by atoms with Gasteiger partial charge in [0.15, 0.2) is 0 Å². The van der Waals surface area contributed by atoms with Crippen molar-refractivity contribution in [1.82, 2.24) is 14.5 Å². The molecule has 1 aromatic rings. The van der Waals surface area contributed by atoms with Gasteiger partial charge < -0.3 is 10.6 Å². The van der Waals surface area contributed by atoms with Crippen LogP contribution in [0.5, 0.6) is 0 Å². The van der Waals surface area contributed by atoms with Crippen LogP contribution >= 0.6 is 11.5 Å². The van der Waals surface area contributed by atoms with E-state index in [0.29, 0.717) is 17.3 Å². The van der Waals surface area contributed by atoms with Crippen LogP contribution in [-0.4, -0.2) is 39.5 Å². The molecule has 1 amide bonds. The molecule has 6 heteroatoms. The SMILES string of the molecule is CC1CCCN(C(=O)c2cnns2)C1CN. The summed E-state index contributed by atoms with van der Waals surface area (Å²) in [6.45, 7) is 3.48. The summed E-state index contributed by atoms with van der Waals surface area (Å²) in [6, 6.07) is 0.156. The fourth-order valence-electron chi connectivity index (χ4n) is 2.26. The van der Waals surface area contributed by atoms with Gasteiger partial charge >= 0.3 is 0 Å². The molecular weight excluding hydrogens is 224 g/mol. The largest absolute Gasteiger partial charge is 0.333 e. The van der Waals surface area contributed by atoms with Crippen LogP contribution in [0.4, 0.5) is 0 Å². The zero-order chi connectivity index (χ0) is 11.5. The highest BCUT2D eigenvalue weighted by molar-refractivity contribution is 7.07. The van der Waals surface area contributed by atoms with Crippen LogP contribution in [-0.2, 0) is 0 Å². The Morgan fingerprint density at radius 2 is 2.56 bits per heavy atom. The molecule has 0 radical (unpaired) electrons. The standard InChI is InChI=1S/C10H16N4OS/c1-7-3-2-4-14(8(7)5-11)10(15)9-6-12-13-16-9/h6-8H,2-5,11H2,1H3. The average molecular weight is 240 g/mol. The third-order valence-electron chi connectivity index (χ3n) is 3.19. The molecule has 0 aromatic carbocycles. The molecule has 1 aromatic heterocycles. The normalized spacial score (nSPS) is 25.8. The minimum absolute atomic E-state index is 0.0250. The molecule has 0 spiro atoms. The minimum atomic E-state index is 0.0250. The van der Waals surface area contributed by atoms with Crippen LogP contribution in [0.1, 0.15) is 29.4 Å². The topological polar surface area (TPSA) is 72.1 Å². The Bertz CT molecular complexity index is 354. The Morgan fingerprint density at radius 3 is 3.19 bits per heavy atom. The van der Waals surface area contributed by atoms with E-state index in [9.17, 15) is 4.79 Å². The summed E-state index contributed by atoms with van der Waals surface area (Å²) in [5, 5.41) is 3.70. The summed E-state index contributed by atoms with van der Waals surface area (Å²) in [6.07, 6.45) is 3.72. The highest BCUT2D eigenvalue weighted by Gasteiger charge is 2.31. The lowest BCUT2D eigenvalue weighted by molar-refractivity contribution is 0.0537. The molecule has 2 unspecified atom stereocenters. The number of carbonyl (C=O) groups excluding carboxylic acids is 1. The molecule has 2 heterocycles. The molecule has 88 valence electrons.